The van der Waals surface area contributed by atoms with Crippen LogP contribution in [0.5, 0.6) is 5.75 Å². The van der Waals surface area contributed by atoms with Crippen LogP contribution in [0, 0.1) is 12.8 Å². The predicted molar refractivity (Wildman–Crippen MR) is 129 cm³/mol. The van der Waals surface area contributed by atoms with Gasteiger partial charge < -0.3 is 10.1 Å². The van der Waals surface area contributed by atoms with E-state index in [4.69, 9.17) is 4.74 Å². The zero-order valence-electron chi connectivity index (χ0n) is 18.5. The van der Waals surface area contributed by atoms with Crippen LogP contribution in [0.2, 0.25) is 0 Å². The maximum absolute atomic E-state index is 12.8. The van der Waals surface area contributed by atoms with Crippen molar-refractivity contribution in [2.24, 2.45) is 5.92 Å². The molecule has 1 aliphatic heterocycles. The van der Waals surface area contributed by atoms with Gasteiger partial charge in [-0.1, -0.05) is 41.2 Å². The van der Waals surface area contributed by atoms with Gasteiger partial charge in [-0.25, -0.2) is 12.7 Å². The van der Waals surface area contributed by atoms with Gasteiger partial charge in [-0.05, 0) is 49.6 Å². The van der Waals surface area contributed by atoms with Crippen LogP contribution in [-0.4, -0.2) is 49.0 Å². The van der Waals surface area contributed by atoms with Gasteiger partial charge in [-0.2, -0.15) is 0 Å². The molecule has 2 aromatic carbocycles. The van der Waals surface area contributed by atoms with E-state index in [1.807, 2.05) is 55.5 Å². The van der Waals surface area contributed by atoms with Gasteiger partial charge in [0.1, 0.15) is 10.8 Å². The zero-order valence-corrected chi connectivity index (χ0v) is 20.2. The third kappa shape index (κ3) is 5.76. The number of sulfonamides is 1. The first-order chi connectivity index (χ1) is 15.8. The zero-order chi connectivity index (χ0) is 23.4. The van der Waals surface area contributed by atoms with Crippen LogP contribution in [0.1, 0.15) is 24.0 Å². The molecule has 0 saturated carbocycles. The highest BCUT2D eigenvalue weighted by Gasteiger charge is 2.31. The minimum absolute atomic E-state index is 0.0233. The molecule has 1 amide bonds. The first-order valence-electron chi connectivity index (χ1n) is 10.7. The van der Waals surface area contributed by atoms with E-state index in [1.165, 1.54) is 15.6 Å². The molecule has 174 valence electrons. The van der Waals surface area contributed by atoms with Crippen molar-refractivity contribution in [1.29, 1.82) is 0 Å². The van der Waals surface area contributed by atoms with Gasteiger partial charge in [0, 0.05) is 24.6 Å². The Kier molecular flexibility index (Phi) is 7.06. The van der Waals surface area contributed by atoms with Crippen LogP contribution in [-0.2, 0) is 20.6 Å². The number of amides is 1. The number of rotatable bonds is 7. The van der Waals surface area contributed by atoms with Gasteiger partial charge in [-0.15, -0.1) is 10.2 Å². The minimum atomic E-state index is -3.42. The molecular weight excluding hydrogens is 460 g/mol. The average molecular weight is 487 g/mol. The highest BCUT2D eigenvalue weighted by atomic mass is 32.2. The van der Waals surface area contributed by atoms with Crippen LogP contribution >= 0.6 is 11.3 Å². The monoisotopic (exact) mass is 486 g/mol. The van der Waals surface area contributed by atoms with Crippen LogP contribution < -0.4 is 10.1 Å². The van der Waals surface area contributed by atoms with Crippen molar-refractivity contribution >= 4 is 32.4 Å². The van der Waals surface area contributed by atoms with Crippen molar-refractivity contribution in [3.05, 3.63) is 59.7 Å². The number of carbonyl (C=O) groups excluding carboxylic acids is 1. The molecule has 0 atom stereocenters. The fourth-order valence-electron chi connectivity index (χ4n) is 3.83. The third-order valence-electron chi connectivity index (χ3n) is 5.64. The smallest absolute Gasteiger partial charge is 0.229 e. The Balaban J connectivity index is 1.32. The second-order valence-electron chi connectivity index (χ2n) is 8.05. The lowest BCUT2D eigenvalue weighted by atomic mass is 9.97. The number of aryl methyl sites for hydroxylation is 1. The Bertz CT molecular complexity index is 1220. The molecule has 0 spiro atoms. The number of ether oxygens (including phenoxy) is 1. The number of nitrogens with zero attached hydrogens (tertiary/aromatic N) is 3. The summed E-state index contributed by atoms with van der Waals surface area (Å²) in [4.78, 5) is 12.7. The molecule has 0 aliphatic carbocycles. The summed E-state index contributed by atoms with van der Waals surface area (Å²) in [7, 11) is -1.81. The van der Waals surface area contributed by atoms with Crippen molar-refractivity contribution in [1.82, 2.24) is 14.5 Å². The normalized spacial score (nSPS) is 15.3. The molecule has 1 aromatic heterocycles. The first-order valence-corrected chi connectivity index (χ1v) is 13.1. The molecule has 0 bridgehead atoms. The van der Waals surface area contributed by atoms with Crippen LogP contribution in [0.15, 0.2) is 48.5 Å². The van der Waals surface area contributed by atoms with Gasteiger partial charge in [0.2, 0.25) is 21.1 Å². The number of carbonyl (C=O) groups is 1. The molecule has 1 fully saturated rings. The molecule has 10 heteroatoms. The largest absolute Gasteiger partial charge is 0.497 e. The van der Waals surface area contributed by atoms with E-state index in [0.717, 1.165) is 22.4 Å². The van der Waals surface area contributed by atoms with E-state index < -0.39 is 10.0 Å². The van der Waals surface area contributed by atoms with Crippen molar-refractivity contribution < 1.29 is 17.9 Å². The lowest BCUT2D eigenvalue weighted by molar-refractivity contribution is -0.120. The third-order valence-corrected chi connectivity index (χ3v) is 8.38. The van der Waals surface area contributed by atoms with E-state index in [1.54, 1.807) is 7.11 Å². The number of benzene rings is 2. The van der Waals surface area contributed by atoms with Crippen molar-refractivity contribution in [2.75, 3.05) is 25.5 Å². The van der Waals surface area contributed by atoms with E-state index in [0.29, 0.717) is 36.1 Å². The molecule has 4 rings (SSSR count). The summed E-state index contributed by atoms with van der Waals surface area (Å²) in [6.45, 7) is 2.61. The number of nitrogens with one attached hydrogen (secondary N) is 1. The summed E-state index contributed by atoms with van der Waals surface area (Å²) in [6.07, 6.45) is 0.950. The topological polar surface area (TPSA) is 101 Å². The van der Waals surface area contributed by atoms with E-state index in [-0.39, 0.29) is 17.6 Å². The minimum Gasteiger partial charge on any atom is -0.497 e. The van der Waals surface area contributed by atoms with Crippen molar-refractivity contribution in [3.63, 3.8) is 0 Å². The number of piperidine rings is 1. The molecule has 1 saturated heterocycles. The predicted octanol–water partition coefficient (Wildman–Crippen LogP) is 3.70. The Hall–Kier alpha value is -2.82. The maximum atomic E-state index is 12.8. The van der Waals surface area contributed by atoms with E-state index in [9.17, 15) is 13.2 Å². The number of hydrogen-bond donors (Lipinski definition) is 1. The molecule has 3 aromatic rings. The van der Waals surface area contributed by atoms with Gasteiger partial charge in [0.05, 0.1) is 12.9 Å². The molecule has 0 radical (unpaired) electrons. The number of hydrogen-bond acceptors (Lipinski definition) is 7. The van der Waals surface area contributed by atoms with Crippen molar-refractivity contribution in [3.8, 4) is 16.3 Å². The highest BCUT2D eigenvalue weighted by Crippen LogP contribution is 2.29. The molecule has 33 heavy (non-hydrogen) atoms. The summed E-state index contributed by atoms with van der Waals surface area (Å²) >= 11 is 1.30. The van der Waals surface area contributed by atoms with Gasteiger partial charge in [0.15, 0.2) is 0 Å². The van der Waals surface area contributed by atoms with Crippen LogP contribution in [0.4, 0.5) is 5.13 Å². The quantitative estimate of drug-likeness (QED) is 0.546. The van der Waals surface area contributed by atoms with Gasteiger partial charge in [-0.3, -0.25) is 4.79 Å². The number of anilines is 1. The molecule has 2 heterocycles. The second-order valence-corrected chi connectivity index (χ2v) is 11.0. The number of methoxy groups -OCH3 is 1. The number of aromatic nitrogens is 2. The Morgan fingerprint density at radius 3 is 2.55 bits per heavy atom. The fourth-order valence-corrected chi connectivity index (χ4v) is 6.13. The SMILES string of the molecule is COc1ccc(-c2nnc(NC(=O)C3CCN(S(=O)(=O)Cc4cccc(C)c4)CC3)s2)cc1. The summed E-state index contributed by atoms with van der Waals surface area (Å²) < 4.78 is 32.3. The molecule has 0 unspecified atom stereocenters. The lowest BCUT2D eigenvalue weighted by Gasteiger charge is -2.30. The second kappa shape index (κ2) is 9.98. The fraction of sp³-hybridized carbons (Fsp3) is 0.348. The molecular formula is C23H26N4O4S2. The standard InChI is InChI=1S/C23H26N4O4S2/c1-16-4-3-5-17(14-16)15-33(29,30)27-12-10-18(11-13-27)21(28)24-23-26-25-22(32-23)19-6-8-20(31-2)9-7-19/h3-9,14,18H,10-13,15H2,1-2H3,(H,24,26,28). The molecule has 8 nitrogen and oxygen atoms in total. The Morgan fingerprint density at radius 1 is 1.15 bits per heavy atom. The first kappa shape index (κ1) is 23.3. The summed E-state index contributed by atoms with van der Waals surface area (Å²) in [5, 5.41) is 12.2. The Labute approximate surface area is 197 Å². The molecule has 1 aliphatic rings. The van der Waals surface area contributed by atoms with E-state index >= 15 is 0 Å². The maximum Gasteiger partial charge on any atom is 0.229 e. The van der Waals surface area contributed by atoms with Crippen LogP contribution in [0.25, 0.3) is 10.6 Å². The van der Waals surface area contributed by atoms with Gasteiger partial charge in [0.25, 0.3) is 0 Å². The van der Waals surface area contributed by atoms with E-state index in [2.05, 4.69) is 15.5 Å². The summed E-state index contributed by atoms with van der Waals surface area (Å²) in [5.41, 5.74) is 2.70. The summed E-state index contributed by atoms with van der Waals surface area (Å²) in [5.74, 6) is 0.320. The van der Waals surface area contributed by atoms with Crippen molar-refractivity contribution in [2.45, 2.75) is 25.5 Å². The van der Waals surface area contributed by atoms with Crippen LogP contribution in [0.3, 0.4) is 0 Å². The van der Waals surface area contributed by atoms with Gasteiger partial charge >= 0.3 is 0 Å². The molecule has 1 N–H and O–H groups in total. The summed E-state index contributed by atoms with van der Waals surface area (Å²) in [6, 6.07) is 15.0. The average Bonchev–Trinajstić information content (AvgIpc) is 3.27. The lowest BCUT2D eigenvalue weighted by Crippen LogP contribution is -2.41. The Morgan fingerprint density at radius 2 is 1.88 bits per heavy atom. The highest BCUT2D eigenvalue weighted by molar-refractivity contribution is 7.88.